The number of carbonyl (C=O) groups is 1. The van der Waals surface area contributed by atoms with Crippen molar-refractivity contribution in [3.63, 3.8) is 0 Å². The van der Waals surface area contributed by atoms with Crippen LogP contribution in [-0.2, 0) is 4.79 Å². The average Bonchev–Trinajstić information content (AvgIpc) is 3.21. The number of carboxylic acid groups (broad SMARTS) is 1. The molecule has 20 heavy (non-hydrogen) atoms. The average molecular weight is 280 g/mol. The van der Waals surface area contributed by atoms with Crippen molar-refractivity contribution in [3.05, 3.63) is 0 Å². The molecule has 1 saturated carbocycles. The topological polar surface area (TPSA) is 43.8 Å². The lowest BCUT2D eigenvalue weighted by molar-refractivity contribution is -0.153. The molecule has 114 valence electrons. The Morgan fingerprint density at radius 1 is 1.35 bits per heavy atom. The fourth-order valence-electron chi connectivity index (χ4n) is 4.30. The molecule has 3 fully saturated rings. The molecule has 4 heteroatoms. The molecule has 4 nitrogen and oxygen atoms in total. The van der Waals surface area contributed by atoms with Crippen LogP contribution in [0.15, 0.2) is 0 Å². The number of hydrogen-bond acceptors (Lipinski definition) is 3. The molecule has 0 aromatic carbocycles. The predicted molar refractivity (Wildman–Crippen MR) is 78.8 cm³/mol. The highest BCUT2D eigenvalue weighted by Gasteiger charge is 2.46. The SMILES string of the molecule is CCC1(C(=O)O)CCCN(C2CC(C)N(C3CC3)C2)C1. The summed E-state index contributed by atoms with van der Waals surface area (Å²) < 4.78 is 0. The minimum Gasteiger partial charge on any atom is -0.481 e. The number of carboxylic acids is 1. The van der Waals surface area contributed by atoms with Gasteiger partial charge in [-0.25, -0.2) is 0 Å². The van der Waals surface area contributed by atoms with Crippen molar-refractivity contribution < 1.29 is 9.90 Å². The van der Waals surface area contributed by atoms with E-state index >= 15 is 0 Å². The lowest BCUT2D eigenvalue weighted by atomic mass is 9.77. The van der Waals surface area contributed by atoms with Crippen LogP contribution in [0, 0.1) is 5.41 Å². The minimum absolute atomic E-state index is 0.492. The first kappa shape index (κ1) is 14.3. The van der Waals surface area contributed by atoms with E-state index in [1.807, 2.05) is 6.92 Å². The first-order chi connectivity index (χ1) is 9.55. The van der Waals surface area contributed by atoms with Gasteiger partial charge in [0.2, 0.25) is 0 Å². The molecule has 0 radical (unpaired) electrons. The highest BCUT2D eigenvalue weighted by Crippen LogP contribution is 2.39. The van der Waals surface area contributed by atoms with Crippen molar-refractivity contribution >= 4 is 5.97 Å². The number of nitrogens with zero attached hydrogens (tertiary/aromatic N) is 2. The van der Waals surface area contributed by atoms with Crippen molar-refractivity contribution in [2.75, 3.05) is 19.6 Å². The third-order valence-electron chi connectivity index (χ3n) is 5.87. The number of aliphatic carboxylic acids is 1. The zero-order valence-corrected chi connectivity index (χ0v) is 12.8. The van der Waals surface area contributed by atoms with E-state index in [1.165, 1.54) is 19.3 Å². The van der Waals surface area contributed by atoms with Gasteiger partial charge in [0.05, 0.1) is 5.41 Å². The second-order valence-electron chi connectivity index (χ2n) is 7.18. The Morgan fingerprint density at radius 2 is 2.10 bits per heavy atom. The summed E-state index contributed by atoms with van der Waals surface area (Å²) in [6.45, 7) is 7.38. The van der Waals surface area contributed by atoms with Crippen LogP contribution in [-0.4, -0.2) is 58.6 Å². The maximum absolute atomic E-state index is 11.7. The highest BCUT2D eigenvalue weighted by atomic mass is 16.4. The summed E-state index contributed by atoms with van der Waals surface area (Å²) in [6, 6.07) is 2.08. The summed E-state index contributed by atoms with van der Waals surface area (Å²) >= 11 is 0. The van der Waals surface area contributed by atoms with Gasteiger partial charge in [0.1, 0.15) is 0 Å². The molecular formula is C16H28N2O2. The summed E-state index contributed by atoms with van der Waals surface area (Å²) in [5, 5.41) is 9.61. The van der Waals surface area contributed by atoms with Crippen molar-refractivity contribution in [1.82, 2.24) is 9.80 Å². The van der Waals surface area contributed by atoms with Gasteiger partial charge in [-0.15, -0.1) is 0 Å². The van der Waals surface area contributed by atoms with Crippen molar-refractivity contribution in [1.29, 1.82) is 0 Å². The predicted octanol–water partition coefficient (Wildman–Crippen LogP) is 2.19. The summed E-state index contributed by atoms with van der Waals surface area (Å²) in [5.41, 5.74) is -0.492. The molecule has 0 bridgehead atoms. The van der Waals surface area contributed by atoms with Gasteiger partial charge in [0, 0.05) is 31.2 Å². The van der Waals surface area contributed by atoms with Crippen LogP contribution >= 0.6 is 0 Å². The van der Waals surface area contributed by atoms with E-state index in [0.29, 0.717) is 12.1 Å². The summed E-state index contributed by atoms with van der Waals surface area (Å²) in [5.74, 6) is -0.588. The molecule has 0 aromatic heterocycles. The molecule has 2 saturated heterocycles. The maximum atomic E-state index is 11.7. The van der Waals surface area contributed by atoms with Crippen LogP contribution in [0.3, 0.4) is 0 Å². The molecular weight excluding hydrogens is 252 g/mol. The quantitative estimate of drug-likeness (QED) is 0.857. The number of rotatable bonds is 4. The fourth-order valence-corrected chi connectivity index (χ4v) is 4.30. The monoisotopic (exact) mass is 280 g/mol. The highest BCUT2D eigenvalue weighted by molar-refractivity contribution is 5.75. The largest absolute Gasteiger partial charge is 0.481 e. The number of likely N-dealkylation sites (tertiary alicyclic amines) is 2. The Kier molecular flexibility index (Phi) is 3.80. The Labute approximate surface area is 122 Å². The molecule has 2 aliphatic heterocycles. The van der Waals surface area contributed by atoms with E-state index in [1.54, 1.807) is 0 Å². The van der Waals surface area contributed by atoms with Gasteiger partial charge in [-0.1, -0.05) is 6.92 Å². The zero-order chi connectivity index (χ0) is 14.3. The first-order valence-corrected chi connectivity index (χ1v) is 8.29. The lowest BCUT2D eigenvalue weighted by Gasteiger charge is -2.42. The Balaban J connectivity index is 1.66. The third-order valence-corrected chi connectivity index (χ3v) is 5.87. The Hall–Kier alpha value is -0.610. The molecule has 2 heterocycles. The molecule has 3 rings (SSSR count). The molecule has 1 N–H and O–H groups in total. The van der Waals surface area contributed by atoms with Crippen LogP contribution in [0.4, 0.5) is 0 Å². The van der Waals surface area contributed by atoms with Crippen molar-refractivity contribution in [2.24, 2.45) is 5.41 Å². The molecule has 3 atom stereocenters. The molecule has 3 aliphatic rings. The Bertz CT molecular complexity index is 383. The summed E-state index contributed by atoms with van der Waals surface area (Å²) in [6.07, 6.45) is 6.60. The van der Waals surface area contributed by atoms with Crippen LogP contribution in [0.5, 0.6) is 0 Å². The lowest BCUT2D eigenvalue weighted by Crippen LogP contribution is -2.51. The summed E-state index contributed by atoms with van der Waals surface area (Å²) in [4.78, 5) is 16.8. The second kappa shape index (κ2) is 5.30. The van der Waals surface area contributed by atoms with E-state index in [2.05, 4.69) is 16.7 Å². The van der Waals surface area contributed by atoms with E-state index in [4.69, 9.17) is 0 Å². The van der Waals surface area contributed by atoms with Gasteiger partial charge in [-0.05, 0) is 52.0 Å². The van der Waals surface area contributed by atoms with E-state index in [9.17, 15) is 9.90 Å². The number of piperidine rings is 1. The minimum atomic E-state index is -0.588. The van der Waals surface area contributed by atoms with Crippen molar-refractivity contribution in [3.8, 4) is 0 Å². The molecule has 0 amide bonds. The molecule has 3 unspecified atom stereocenters. The van der Waals surface area contributed by atoms with E-state index in [0.717, 1.165) is 44.9 Å². The van der Waals surface area contributed by atoms with Crippen molar-refractivity contribution in [2.45, 2.75) is 70.5 Å². The molecule has 1 aliphatic carbocycles. The second-order valence-corrected chi connectivity index (χ2v) is 7.18. The van der Waals surface area contributed by atoms with Crippen LogP contribution in [0.2, 0.25) is 0 Å². The standard InChI is InChI=1S/C16H28N2O2/c1-3-16(15(19)20)7-4-8-17(11-16)14-9-12(2)18(10-14)13-5-6-13/h12-14H,3-11H2,1-2H3,(H,19,20). The van der Waals surface area contributed by atoms with E-state index in [-0.39, 0.29) is 0 Å². The molecule has 0 aromatic rings. The van der Waals surface area contributed by atoms with Crippen LogP contribution in [0.1, 0.15) is 52.4 Å². The molecule has 0 spiro atoms. The Morgan fingerprint density at radius 3 is 2.70 bits per heavy atom. The fraction of sp³-hybridized carbons (Fsp3) is 0.938. The third kappa shape index (κ3) is 2.48. The smallest absolute Gasteiger partial charge is 0.310 e. The summed E-state index contributed by atoms with van der Waals surface area (Å²) in [7, 11) is 0. The van der Waals surface area contributed by atoms with Gasteiger partial charge < -0.3 is 5.11 Å². The maximum Gasteiger partial charge on any atom is 0.310 e. The van der Waals surface area contributed by atoms with Gasteiger partial charge in [-0.3, -0.25) is 14.6 Å². The zero-order valence-electron chi connectivity index (χ0n) is 12.8. The van der Waals surface area contributed by atoms with Gasteiger partial charge in [-0.2, -0.15) is 0 Å². The van der Waals surface area contributed by atoms with Gasteiger partial charge in [0.15, 0.2) is 0 Å². The van der Waals surface area contributed by atoms with Crippen LogP contribution in [0.25, 0.3) is 0 Å². The first-order valence-electron chi connectivity index (χ1n) is 8.29. The number of hydrogen-bond donors (Lipinski definition) is 1. The normalized spacial score (nSPS) is 40.1. The van der Waals surface area contributed by atoms with Gasteiger partial charge in [0.25, 0.3) is 0 Å². The van der Waals surface area contributed by atoms with E-state index < -0.39 is 11.4 Å². The van der Waals surface area contributed by atoms with Crippen LogP contribution < -0.4 is 0 Å². The van der Waals surface area contributed by atoms with Gasteiger partial charge >= 0.3 is 5.97 Å².